The molecule has 2 rings (SSSR count). The van der Waals surface area contributed by atoms with E-state index < -0.39 is 0 Å². The third-order valence-electron chi connectivity index (χ3n) is 3.76. The summed E-state index contributed by atoms with van der Waals surface area (Å²) < 4.78 is 5.47. The number of carbonyl (C=O) groups is 1. The Morgan fingerprint density at radius 1 is 1.52 bits per heavy atom. The van der Waals surface area contributed by atoms with E-state index in [1.165, 1.54) is 0 Å². The molecule has 1 aliphatic rings. The van der Waals surface area contributed by atoms with E-state index in [0.717, 1.165) is 19.3 Å². The fourth-order valence-electron chi connectivity index (χ4n) is 2.39. The van der Waals surface area contributed by atoms with Crippen molar-refractivity contribution in [2.45, 2.75) is 31.3 Å². The van der Waals surface area contributed by atoms with E-state index in [0.29, 0.717) is 22.7 Å². The lowest BCUT2D eigenvalue weighted by Gasteiger charge is -2.39. The van der Waals surface area contributed by atoms with Crippen molar-refractivity contribution in [3.63, 3.8) is 0 Å². The van der Waals surface area contributed by atoms with Crippen molar-refractivity contribution < 1.29 is 9.53 Å². The highest BCUT2D eigenvalue weighted by Crippen LogP contribution is 2.38. The molecule has 5 heteroatoms. The molecule has 0 aliphatic heterocycles. The number of rotatable bonds is 4. The van der Waals surface area contributed by atoms with Crippen molar-refractivity contribution in [2.24, 2.45) is 5.73 Å². The molecule has 21 heavy (non-hydrogen) atoms. The summed E-state index contributed by atoms with van der Waals surface area (Å²) in [6.07, 6.45) is 3.30. The summed E-state index contributed by atoms with van der Waals surface area (Å²) in [7, 11) is 1.66. The Morgan fingerprint density at radius 2 is 2.29 bits per heavy atom. The van der Waals surface area contributed by atoms with Crippen LogP contribution in [-0.4, -0.2) is 25.2 Å². The monoisotopic (exact) mass is 306 g/mol. The van der Waals surface area contributed by atoms with Crippen LogP contribution in [0.3, 0.4) is 0 Å². The van der Waals surface area contributed by atoms with Crippen LogP contribution in [0.2, 0.25) is 5.02 Å². The maximum Gasteiger partial charge on any atom is 0.227 e. The summed E-state index contributed by atoms with van der Waals surface area (Å²) in [6, 6.07) is 5.20. The summed E-state index contributed by atoms with van der Waals surface area (Å²) in [4.78, 5) is 12.2. The second kappa shape index (κ2) is 6.95. The van der Waals surface area contributed by atoms with Crippen LogP contribution >= 0.6 is 11.6 Å². The van der Waals surface area contributed by atoms with Gasteiger partial charge in [0, 0.05) is 17.7 Å². The zero-order valence-electron chi connectivity index (χ0n) is 12.0. The number of benzene rings is 1. The smallest absolute Gasteiger partial charge is 0.227 e. The third-order valence-corrected chi connectivity index (χ3v) is 4.00. The van der Waals surface area contributed by atoms with Crippen molar-refractivity contribution >= 4 is 23.2 Å². The molecule has 0 bridgehead atoms. The first-order chi connectivity index (χ1) is 10.1. The van der Waals surface area contributed by atoms with Gasteiger partial charge in [-0.15, -0.1) is 0 Å². The number of hydrogen-bond acceptors (Lipinski definition) is 3. The minimum Gasteiger partial charge on any atom is -0.378 e. The second-order valence-corrected chi connectivity index (χ2v) is 5.60. The molecule has 3 N–H and O–H groups in total. The third kappa shape index (κ3) is 3.98. The molecule has 1 aromatic rings. The van der Waals surface area contributed by atoms with E-state index in [4.69, 9.17) is 22.1 Å². The van der Waals surface area contributed by atoms with Gasteiger partial charge in [-0.1, -0.05) is 23.4 Å². The van der Waals surface area contributed by atoms with Crippen molar-refractivity contribution in [3.05, 3.63) is 28.8 Å². The largest absolute Gasteiger partial charge is 0.378 e. The van der Waals surface area contributed by atoms with Crippen LogP contribution in [0.15, 0.2) is 18.2 Å². The van der Waals surface area contributed by atoms with Gasteiger partial charge >= 0.3 is 0 Å². The summed E-state index contributed by atoms with van der Waals surface area (Å²) >= 11 is 5.98. The minimum atomic E-state index is -0.300. The number of methoxy groups -OCH3 is 1. The Balaban J connectivity index is 2.11. The van der Waals surface area contributed by atoms with E-state index in [2.05, 4.69) is 17.2 Å². The summed E-state index contributed by atoms with van der Waals surface area (Å²) in [5.74, 6) is 5.62. The number of ether oxygens (including phenoxy) is 1. The Morgan fingerprint density at radius 3 is 2.86 bits per heavy atom. The molecule has 0 saturated heterocycles. The first-order valence-corrected chi connectivity index (χ1v) is 7.30. The Bertz CT molecular complexity index is 580. The van der Waals surface area contributed by atoms with Crippen LogP contribution in [0.4, 0.5) is 5.69 Å². The molecule has 112 valence electrons. The summed E-state index contributed by atoms with van der Waals surface area (Å²) in [5, 5.41) is 3.42. The molecular formula is C16H19ClN2O2. The molecule has 0 unspecified atom stereocenters. The lowest BCUT2D eigenvalue weighted by Crippen LogP contribution is -2.42. The molecule has 1 fully saturated rings. The van der Waals surface area contributed by atoms with Crippen molar-refractivity contribution in [1.82, 2.24) is 0 Å². The lowest BCUT2D eigenvalue weighted by atomic mass is 9.77. The average Bonchev–Trinajstić information content (AvgIpc) is 2.42. The van der Waals surface area contributed by atoms with Crippen molar-refractivity contribution in [2.75, 3.05) is 19.0 Å². The molecule has 0 spiro atoms. The first-order valence-electron chi connectivity index (χ1n) is 6.92. The van der Waals surface area contributed by atoms with Gasteiger partial charge in [-0.25, -0.2) is 0 Å². The number of amides is 1. The second-order valence-electron chi connectivity index (χ2n) is 5.16. The Hall–Kier alpha value is -1.54. The van der Waals surface area contributed by atoms with Crippen molar-refractivity contribution in [3.8, 4) is 11.8 Å². The van der Waals surface area contributed by atoms with E-state index in [9.17, 15) is 4.79 Å². The van der Waals surface area contributed by atoms with Gasteiger partial charge in [0.25, 0.3) is 0 Å². The number of halogens is 1. The van der Waals surface area contributed by atoms with E-state index in [-0.39, 0.29) is 18.1 Å². The van der Waals surface area contributed by atoms with Crippen LogP contribution in [-0.2, 0) is 9.53 Å². The van der Waals surface area contributed by atoms with E-state index >= 15 is 0 Å². The molecule has 1 amide bonds. The maximum absolute atomic E-state index is 12.2. The van der Waals surface area contributed by atoms with Gasteiger partial charge in [-0.05, 0) is 37.5 Å². The molecule has 0 atom stereocenters. The highest BCUT2D eigenvalue weighted by molar-refractivity contribution is 6.31. The number of anilines is 1. The van der Waals surface area contributed by atoms with Crippen LogP contribution in [0.25, 0.3) is 0 Å². The van der Waals surface area contributed by atoms with Crippen molar-refractivity contribution in [1.29, 1.82) is 0 Å². The van der Waals surface area contributed by atoms with Gasteiger partial charge in [-0.2, -0.15) is 0 Å². The number of carbonyl (C=O) groups excluding carboxylic acids is 1. The highest BCUT2D eigenvalue weighted by Gasteiger charge is 2.39. The Labute approximate surface area is 130 Å². The minimum absolute atomic E-state index is 0.0883. The predicted molar refractivity (Wildman–Crippen MR) is 84.2 cm³/mol. The van der Waals surface area contributed by atoms with Gasteiger partial charge in [0.05, 0.1) is 24.3 Å². The number of hydrogen-bond donors (Lipinski definition) is 2. The molecule has 1 aromatic carbocycles. The molecule has 0 aromatic heterocycles. The molecular weight excluding hydrogens is 288 g/mol. The number of nitrogens with one attached hydrogen (secondary N) is 1. The molecule has 0 radical (unpaired) electrons. The Kier molecular flexibility index (Phi) is 5.24. The summed E-state index contributed by atoms with van der Waals surface area (Å²) in [5.41, 5.74) is 6.40. The fourth-order valence-corrected chi connectivity index (χ4v) is 2.56. The maximum atomic E-state index is 12.2. The van der Waals surface area contributed by atoms with Gasteiger partial charge in [0.2, 0.25) is 5.91 Å². The van der Waals surface area contributed by atoms with Crippen LogP contribution in [0, 0.1) is 11.8 Å². The molecule has 0 heterocycles. The van der Waals surface area contributed by atoms with E-state index in [1.807, 2.05) is 0 Å². The van der Waals surface area contributed by atoms with Crippen LogP contribution in [0.1, 0.15) is 31.2 Å². The highest BCUT2D eigenvalue weighted by atomic mass is 35.5. The number of nitrogens with two attached hydrogens (primary N) is 1. The zero-order valence-corrected chi connectivity index (χ0v) is 12.8. The van der Waals surface area contributed by atoms with Crippen LogP contribution < -0.4 is 11.1 Å². The zero-order chi connectivity index (χ0) is 15.3. The van der Waals surface area contributed by atoms with Gasteiger partial charge in [0.1, 0.15) is 0 Å². The summed E-state index contributed by atoms with van der Waals surface area (Å²) in [6.45, 7) is 0.267. The van der Waals surface area contributed by atoms with Gasteiger partial charge in [0.15, 0.2) is 0 Å². The fraction of sp³-hybridized carbons (Fsp3) is 0.438. The van der Waals surface area contributed by atoms with Gasteiger partial charge < -0.3 is 15.8 Å². The first kappa shape index (κ1) is 15.8. The molecule has 1 saturated carbocycles. The predicted octanol–water partition coefficient (Wildman–Crippen LogP) is 2.55. The quantitative estimate of drug-likeness (QED) is 0.840. The van der Waals surface area contributed by atoms with Gasteiger partial charge in [-0.3, -0.25) is 4.79 Å². The molecule has 1 aliphatic carbocycles. The van der Waals surface area contributed by atoms with Crippen LogP contribution in [0.5, 0.6) is 0 Å². The standard InChI is InChI=1S/C16H19ClN2O2/c1-21-16(7-3-8-16)11-15(20)19-14-10-13(17)6-5-12(14)4-2-9-18/h5-6,10H,3,7-9,11,18H2,1H3,(H,19,20). The lowest BCUT2D eigenvalue weighted by molar-refractivity contribution is -0.129. The van der Waals surface area contributed by atoms with E-state index in [1.54, 1.807) is 25.3 Å². The SMILES string of the molecule is COC1(CC(=O)Nc2cc(Cl)ccc2C#CCN)CCC1. The average molecular weight is 307 g/mol. The molecule has 4 nitrogen and oxygen atoms in total. The normalized spacial score (nSPS) is 15.6. The topological polar surface area (TPSA) is 64.3 Å².